The van der Waals surface area contributed by atoms with Crippen molar-refractivity contribution in [1.29, 1.82) is 0 Å². The molecule has 0 fully saturated rings. The minimum atomic E-state index is -0.981. The molecule has 0 aliphatic heterocycles. The largest absolute Gasteiger partial charge is 0.478 e. The van der Waals surface area contributed by atoms with Crippen molar-refractivity contribution in [3.05, 3.63) is 65.2 Å². The fraction of sp³-hybridized carbons (Fsp3) is 0.125. The van der Waals surface area contributed by atoms with Crippen molar-refractivity contribution in [2.24, 2.45) is 0 Å². The topological polar surface area (TPSA) is 92.4 Å². The summed E-state index contributed by atoms with van der Waals surface area (Å²) in [6.07, 6.45) is 0.263. The highest BCUT2D eigenvalue weighted by Crippen LogP contribution is 2.07. The summed E-state index contributed by atoms with van der Waals surface area (Å²) < 4.78 is 0. The molecule has 2 aromatic carbocycles. The number of nitrogens with two attached hydrogens (primary N) is 1. The van der Waals surface area contributed by atoms with Crippen molar-refractivity contribution in [3.8, 4) is 0 Å². The van der Waals surface area contributed by atoms with E-state index in [4.69, 9.17) is 10.8 Å². The van der Waals surface area contributed by atoms with Crippen LogP contribution in [0.5, 0.6) is 0 Å². The molecule has 108 valence electrons. The Morgan fingerprint density at radius 3 is 2.43 bits per heavy atom. The zero-order valence-electron chi connectivity index (χ0n) is 11.4. The summed E-state index contributed by atoms with van der Waals surface area (Å²) in [5.41, 5.74) is 8.07. The van der Waals surface area contributed by atoms with Crippen molar-refractivity contribution in [2.45, 2.75) is 13.0 Å². The molecule has 0 heterocycles. The molecule has 0 radical (unpaired) electrons. The zero-order chi connectivity index (χ0) is 15.2. The maximum atomic E-state index is 11.8. The van der Waals surface area contributed by atoms with E-state index in [0.717, 1.165) is 11.1 Å². The van der Waals surface area contributed by atoms with Crippen molar-refractivity contribution in [2.75, 3.05) is 5.73 Å². The van der Waals surface area contributed by atoms with Crippen molar-refractivity contribution >= 4 is 17.6 Å². The van der Waals surface area contributed by atoms with E-state index in [-0.39, 0.29) is 17.9 Å². The van der Waals surface area contributed by atoms with Crippen LogP contribution in [0.2, 0.25) is 0 Å². The average Bonchev–Trinajstić information content (AvgIpc) is 2.48. The number of anilines is 1. The van der Waals surface area contributed by atoms with E-state index in [1.807, 2.05) is 0 Å². The molecular formula is C16H16N2O3. The molecule has 0 aliphatic carbocycles. The first-order valence-electron chi connectivity index (χ1n) is 6.48. The maximum absolute atomic E-state index is 11.8. The summed E-state index contributed by atoms with van der Waals surface area (Å²) in [5.74, 6) is -1.11. The Labute approximate surface area is 122 Å². The van der Waals surface area contributed by atoms with Crippen LogP contribution < -0.4 is 11.1 Å². The molecule has 4 N–H and O–H groups in total. The average molecular weight is 284 g/mol. The second-order valence-electron chi connectivity index (χ2n) is 4.70. The van der Waals surface area contributed by atoms with Gasteiger partial charge in [-0.15, -0.1) is 0 Å². The van der Waals surface area contributed by atoms with Crippen LogP contribution in [0.15, 0.2) is 48.5 Å². The molecule has 0 aromatic heterocycles. The number of carbonyl (C=O) groups excluding carboxylic acids is 1. The fourth-order valence-corrected chi connectivity index (χ4v) is 1.90. The quantitative estimate of drug-likeness (QED) is 0.730. The van der Waals surface area contributed by atoms with E-state index in [0.29, 0.717) is 12.2 Å². The number of hydrogen-bond donors (Lipinski definition) is 3. The third-order valence-corrected chi connectivity index (χ3v) is 3.01. The molecule has 0 saturated heterocycles. The molecule has 2 aromatic rings. The molecule has 5 heteroatoms. The Bertz CT molecular complexity index is 651. The van der Waals surface area contributed by atoms with E-state index in [1.165, 1.54) is 6.07 Å². The first-order chi connectivity index (χ1) is 10.0. The maximum Gasteiger partial charge on any atom is 0.335 e. The molecule has 0 aliphatic rings. The summed E-state index contributed by atoms with van der Waals surface area (Å²) >= 11 is 0. The molecule has 0 atom stereocenters. The number of aromatic carboxylic acids is 1. The SMILES string of the molecule is Nc1ccc(CC(=O)NCc2cccc(C(=O)O)c2)cc1. The van der Waals surface area contributed by atoms with Crippen LogP contribution >= 0.6 is 0 Å². The molecule has 21 heavy (non-hydrogen) atoms. The predicted octanol–water partition coefficient (Wildman–Crippen LogP) is 1.83. The summed E-state index contributed by atoms with van der Waals surface area (Å²) in [6, 6.07) is 13.6. The van der Waals surface area contributed by atoms with E-state index >= 15 is 0 Å². The Balaban J connectivity index is 1.90. The van der Waals surface area contributed by atoms with Crippen LogP contribution in [0.3, 0.4) is 0 Å². The fourth-order valence-electron chi connectivity index (χ4n) is 1.90. The number of rotatable bonds is 5. The summed E-state index contributed by atoms with van der Waals surface area (Å²) in [5, 5.41) is 11.7. The lowest BCUT2D eigenvalue weighted by Gasteiger charge is -2.06. The Kier molecular flexibility index (Phi) is 4.56. The van der Waals surface area contributed by atoms with Gasteiger partial charge in [0.15, 0.2) is 0 Å². The number of carboxylic acid groups (broad SMARTS) is 1. The Morgan fingerprint density at radius 2 is 1.76 bits per heavy atom. The second-order valence-corrected chi connectivity index (χ2v) is 4.70. The molecular weight excluding hydrogens is 268 g/mol. The van der Waals surface area contributed by atoms with Crippen LogP contribution in [0.1, 0.15) is 21.5 Å². The molecule has 5 nitrogen and oxygen atoms in total. The van der Waals surface area contributed by atoms with Gasteiger partial charge >= 0.3 is 5.97 Å². The normalized spacial score (nSPS) is 10.1. The molecule has 0 unspecified atom stereocenters. The summed E-state index contributed by atoms with van der Waals surface area (Å²) in [6.45, 7) is 0.301. The number of nitrogen functional groups attached to an aromatic ring is 1. The van der Waals surface area contributed by atoms with E-state index < -0.39 is 5.97 Å². The monoisotopic (exact) mass is 284 g/mol. The lowest BCUT2D eigenvalue weighted by molar-refractivity contribution is -0.120. The van der Waals surface area contributed by atoms with Crippen molar-refractivity contribution in [3.63, 3.8) is 0 Å². The summed E-state index contributed by atoms with van der Waals surface area (Å²) in [7, 11) is 0. The number of carboxylic acids is 1. The number of nitrogens with one attached hydrogen (secondary N) is 1. The van der Waals surface area contributed by atoms with Gasteiger partial charge in [0.25, 0.3) is 0 Å². The van der Waals surface area contributed by atoms with Gasteiger partial charge < -0.3 is 16.2 Å². The minimum absolute atomic E-state index is 0.125. The van der Waals surface area contributed by atoms with E-state index in [9.17, 15) is 9.59 Å². The highest BCUT2D eigenvalue weighted by Gasteiger charge is 2.06. The standard InChI is InChI=1S/C16H16N2O3/c17-14-6-4-11(5-7-14)9-15(19)18-10-12-2-1-3-13(8-12)16(20)21/h1-8H,9-10,17H2,(H,18,19)(H,20,21). The predicted molar refractivity (Wildman–Crippen MR) is 79.8 cm³/mol. The van der Waals surface area contributed by atoms with Gasteiger partial charge in [0, 0.05) is 12.2 Å². The minimum Gasteiger partial charge on any atom is -0.478 e. The van der Waals surface area contributed by atoms with Gasteiger partial charge in [0.05, 0.1) is 12.0 Å². The van der Waals surface area contributed by atoms with Crippen LogP contribution in [-0.2, 0) is 17.8 Å². The lowest BCUT2D eigenvalue weighted by Crippen LogP contribution is -2.24. The number of carbonyl (C=O) groups is 2. The summed E-state index contributed by atoms with van der Waals surface area (Å²) in [4.78, 5) is 22.7. The molecule has 0 saturated carbocycles. The second kappa shape index (κ2) is 6.56. The first-order valence-corrected chi connectivity index (χ1v) is 6.48. The van der Waals surface area contributed by atoms with Gasteiger partial charge in [-0.1, -0.05) is 24.3 Å². The van der Waals surface area contributed by atoms with Crippen molar-refractivity contribution < 1.29 is 14.7 Å². The van der Waals surface area contributed by atoms with Gasteiger partial charge in [0.1, 0.15) is 0 Å². The highest BCUT2D eigenvalue weighted by molar-refractivity contribution is 5.87. The Morgan fingerprint density at radius 1 is 1.05 bits per heavy atom. The molecule has 0 bridgehead atoms. The lowest BCUT2D eigenvalue weighted by atomic mass is 10.1. The smallest absolute Gasteiger partial charge is 0.335 e. The molecule has 2 rings (SSSR count). The van der Waals surface area contributed by atoms with Crippen LogP contribution in [0.25, 0.3) is 0 Å². The van der Waals surface area contributed by atoms with E-state index in [2.05, 4.69) is 5.32 Å². The molecule has 1 amide bonds. The van der Waals surface area contributed by atoms with Crippen LogP contribution in [0.4, 0.5) is 5.69 Å². The third kappa shape index (κ3) is 4.35. The van der Waals surface area contributed by atoms with E-state index in [1.54, 1.807) is 42.5 Å². The van der Waals surface area contributed by atoms with Crippen LogP contribution in [-0.4, -0.2) is 17.0 Å². The first kappa shape index (κ1) is 14.6. The van der Waals surface area contributed by atoms with Gasteiger partial charge in [-0.05, 0) is 35.4 Å². The zero-order valence-corrected chi connectivity index (χ0v) is 11.4. The van der Waals surface area contributed by atoms with Gasteiger partial charge in [-0.2, -0.15) is 0 Å². The van der Waals surface area contributed by atoms with Gasteiger partial charge in [-0.3, -0.25) is 4.79 Å². The third-order valence-electron chi connectivity index (χ3n) is 3.01. The van der Waals surface area contributed by atoms with Gasteiger partial charge in [0.2, 0.25) is 5.91 Å². The number of benzene rings is 2. The van der Waals surface area contributed by atoms with Crippen LogP contribution in [0, 0.1) is 0 Å². The number of amides is 1. The van der Waals surface area contributed by atoms with Gasteiger partial charge in [-0.25, -0.2) is 4.79 Å². The molecule has 0 spiro atoms. The highest BCUT2D eigenvalue weighted by atomic mass is 16.4. The van der Waals surface area contributed by atoms with Crippen molar-refractivity contribution in [1.82, 2.24) is 5.32 Å². The number of hydrogen-bond acceptors (Lipinski definition) is 3. The Hall–Kier alpha value is -2.82.